The van der Waals surface area contributed by atoms with E-state index >= 15 is 0 Å². The molecule has 0 bridgehead atoms. The Labute approximate surface area is 135 Å². The first-order valence-electron chi connectivity index (χ1n) is 8.13. The molecule has 2 aliphatic rings. The number of morpholine rings is 1. The number of likely N-dealkylation sites (tertiary alicyclic amines) is 1. The summed E-state index contributed by atoms with van der Waals surface area (Å²) in [5, 5.41) is 10.8. The maximum atomic E-state index is 13.0. The third kappa shape index (κ3) is 3.88. The van der Waals surface area contributed by atoms with Crippen molar-refractivity contribution in [2.24, 2.45) is 0 Å². The molecule has 0 saturated carbocycles. The number of hydrogen-bond donors (Lipinski definition) is 1. The highest BCUT2D eigenvalue weighted by Gasteiger charge is 2.34. The van der Waals surface area contributed by atoms with Gasteiger partial charge in [-0.05, 0) is 30.5 Å². The van der Waals surface area contributed by atoms with Gasteiger partial charge in [-0.2, -0.15) is 0 Å². The highest BCUT2D eigenvalue weighted by Crippen LogP contribution is 2.32. The molecule has 0 unspecified atom stereocenters. The molecule has 126 valence electrons. The lowest BCUT2D eigenvalue weighted by atomic mass is 9.84. The molecule has 1 aromatic carbocycles. The Morgan fingerprint density at radius 1 is 1.13 bits per heavy atom. The Bertz CT molecular complexity index is 535. The molecular formula is C17H23FN2O3. The Hall–Kier alpha value is -1.50. The predicted molar refractivity (Wildman–Crippen MR) is 83.4 cm³/mol. The summed E-state index contributed by atoms with van der Waals surface area (Å²) >= 11 is 0. The van der Waals surface area contributed by atoms with Crippen molar-refractivity contribution >= 4 is 5.91 Å². The second kappa shape index (κ2) is 6.95. The Kier molecular flexibility index (Phi) is 4.94. The van der Waals surface area contributed by atoms with Gasteiger partial charge in [0.15, 0.2) is 0 Å². The summed E-state index contributed by atoms with van der Waals surface area (Å²) in [5.74, 6) is -0.175. The van der Waals surface area contributed by atoms with Gasteiger partial charge in [0.2, 0.25) is 5.91 Å². The molecule has 1 amide bonds. The summed E-state index contributed by atoms with van der Waals surface area (Å²) in [4.78, 5) is 16.2. The van der Waals surface area contributed by atoms with Crippen molar-refractivity contribution in [3.63, 3.8) is 0 Å². The van der Waals surface area contributed by atoms with Crippen LogP contribution in [0.1, 0.15) is 18.4 Å². The summed E-state index contributed by atoms with van der Waals surface area (Å²) in [5.41, 5.74) is -0.176. The second-order valence-corrected chi connectivity index (χ2v) is 6.31. The van der Waals surface area contributed by atoms with Crippen LogP contribution in [0.25, 0.3) is 0 Å². The van der Waals surface area contributed by atoms with Crippen LogP contribution < -0.4 is 0 Å². The molecule has 5 nitrogen and oxygen atoms in total. The van der Waals surface area contributed by atoms with E-state index < -0.39 is 5.60 Å². The van der Waals surface area contributed by atoms with E-state index in [1.165, 1.54) is 12.1 Å². The van der Waals surface area contributed by atoms with Crippen LogP contribution in [-0.4, -0.2) is 66.8 Å². The van der Waals surface area contributed by atoms with E-state index in [2.05, 4.69) is 4.90 Å². The number of halogens is 1. The van der Waals surface area contributed by atoms with Crippen molar-refractivity contribution in [3.8, 4) is 0 Å². The topological polar surface area (TPSA) is 53.0 Å². The summed E-state index contributed by atoms with van der Waals surface area (Å²) in [6.45, 7) is 4.23. The zero-order valence-corrected chi connectivity index (χ0v) is 13.2. The van der Waals surface area contributed by atoms with Gasteiger partial charge in [0, 0.05) is 26.2 Å². The van der Waals surface area contributed by atoms with Gasteiger partial charge in [0.25, 0.3) is 0 Å². The summed E-state index contributed by atoms with van der Waals surface area (Å²) in [6.07, 6.45) is 1.10. The summed E-state index contributed by atoms with van der Waals surface area (Å²) in [7, 11) is 0. The molecule has 0 aliphatic carbocycles. The largest absolute Gasteiger partial charge is 0.385 e. The van der Waals surface area contributed by atoms with Crippen molar-refractivity contribution < 1.29 is 19.0 Å². The minimum absolute atomic E-state index is 0.125. The van der Waals surface area contributed by atoms with E-state index in [4.69, 9.17) is 4.74 Å². The lowest BCUT2D eigenvalue weighted by Crippen LogP contribution is -2.49. The van der Waals surface area contributed by atoms with Gasteiger partial charge >= 0.3 is 0 Å². The molecule has 0 aromatic heterocycles. The lowest BCUT2D eigenvalue weighted by Gasteiger charge is -2.39. The van der Waals surface area contributed by atoms with Gasteiger partial charge in [0.1, 0.15) is 5.82 Å². The number of ether oxygens (including phenoxy) is 1. The monoisotopic (exact) mass is 322 g/mol. The average molecular weight is 322 g/mol. The fraction of sp³-hybridized carbons (Fsp3) is 0.588. The predicted octanol–water partition coefficient (Wildman–Crippen LogP) is 0.968. The number of hydrogen-bond acceptors (Lipinski definition) is 4. The van der Waals surface area contributed by atoms with E-state index in [0.29, 0.717) is 58.8 Å². The van der Waals surface area contributed by atoms with Gasteiger partial charge in [0.05, 0.1) is 25.4 Å². The molecule has 23 heavy (non-hydrogen) atoms. The molecule has 2 heterocycles. The van der Waals surface area contributed by atoms with E-state index in [0.717, 1.165) is 5.56 Å². The number of benzene rings is 1. The van der Waals surface area contributed by atoms with Crippen molar-refractivity contribution in [1.29, 1.82) is 0 Å². The molecule has 1 N–H and O–H groups in total. The van der Waals surface area contributed by atoms with Gasteiger partial charge in [-0.1, -0.05) is 12.1 Å². The number of nitrogens with zero attached hydrogens (tertiary/aromatic N) is 2. The number of carbonyl (C=O) groups excluding carboxylic acids is 1. The fourth-order valence-corrected chi connectivity index (χ4v) is 3.23. The molecule has 0 spiro atoms. The van der Waals surface area contributed by atoms with E-state index in [9.17, 15) is 14.3 Å². The number of amides is 1. The molecule has 3 rings (SSSR count). The number of carbonyl (C=O) groups is 1. The fourth-order valence-electron chi connectivity index (χ4n) is 3.23. The van der Waals surface area contributed by atoms with Crippen molar-refractivity contribution in [1.82, 2.24) is 9.80 Å². The first kappa shape index (κ1) is 16.4. The lowest BCUT2D eigenvalue weighted by molar-refractivity contribution is -0.137. The zero-order valence-electron chi connectivity index (χ0n) is 13.2. The minimum Gasteiger partial charge on any atom is -0.385 e. The highest BCUT2D eigenvalue weighted by molar-refractivity contribution is 5.78. The molecule has 2 aliphatic heterocycles. The molecule has 1 aromatic rings. The van der Waals surface area contributed by atoms with Crippen LogP contribution in [0.5, 0.6) is 0 Å². The SMILES string of the molecule is O=C(CN1CCC(O)(c2ccc(F)cc2)CC1)N1CCOCC1. The number of aliphatic hydroxyl groups is 1. The maximum absolute atomic E-state index is 13.0. The van der Waals surface area contributed by atoms with E-state index in [1.807, 2.05) is 4.90 Å². The Morgan fingerprint density at radius 2 is 1.74 bits per heavy atom. The van der Waals surface area contributed by atoms with Gasteiger partial charge < -0.3 is 14.7 Å². The van der Waals surface area contributed by atoms with Crippen LogP contribution in [0.4, 0.5) is 4.39 Å². The number of piperidine rings is 1. The van der Waals surface area contributed by atoms with Gasteiger partial charge in [-0.3, -0.25) is 9.69 Å². The number of rotatable bonds is 3. The molecule has 2 saturated heterocycles. The van der Waals surface area contributed by atoms with Gasteiger partial charge in [-0.15, -0.1) is 0 Å². The second-order valence-electron chi connectivity index (χ2n) is 6.31. The van der Waals surface area contributed by atoms with Crippen LogP contribution in [0.2, 0.25) is 0 Å². The molecular weight excluding hydrogens is 299 g/mol. The maximum Gasteiger partial charge on any atom is 0.236 e. The Balaban J connectivity index is 1.53. The third-order valence-corrected chi connectivity index (χ3v) is 4.79. The average Bonchev–Trinajstić information content (AvgIpc) is 2.58. The van der Waals surface area contributed by atoms with Crippen LogP contribution >= 0.6 is 0 Å². The molecule has 6 heteroatoms. The van der Waals surface area contributed by atoms with Crippen molar-refractivity contribution in [3.05, 3.63) is 35.6 Å². The Morgan fingerprint density at radius 3 is 2.35 bits per heavy atom. The molecule has 0 radical (unpaired) electrons. The smallest absolute Gasteiger partial charge is 0.236 e. The van der Waals surface area contributed by atoms with Gasteiger partial charge in [-0.25, -0.2) is 4.39 Å². The van der Waals surface area contributed by atoms with Crippen molar-refractivity contribution in [2.45, 2.75) is 18.4 Å². The van der Waals surface area contributed by atoms with Crippen molar-refractivity contribution in [2.75, 3.05) is 45.9 Å². The highest BCUT2D eigenvalue weighted by atomic mass is 19.1. The summed E-state index contributed by atoms with van der Waals surface area (Å²) < 4.78 is 18.3. The van der Waals surface area contributed by atoms with Crippen LogP contribution in [0.15, 0.2) is 24.3 Å². The van der Waals surface area contributed by atoms with E-state index in [-0.39, 0.29) is 11.7 Å². The normalized spacial score (nSPS) is 22.1. The van der Waals surface area contributed by atoms with E-state index in [1.54, 1.807) is 12.1 Å². The first-order valence-corrected chi connectivity index (χ1v) is 8.13. The van der Waals surface area contributed by atoms with Crippen LogP contribution in [0, 0.1) is 5.82 Å². The van der Waals surface area contributed by atoms with Crippen LogP contribution in [0.3, 0.4) is 0 Å². The first-order chi connectivity index (χ1) is 11.1. The molecule has 0 atom stereocenters. The summed E-state index contributed by atoms with van der Waals surface area (Å²) in [6, 6.07) is 6.04. The molecule has 2 fully saturated rings. The van der Waals surface area contributed by atoms with Crippen LogP contribution in [-0.2, 0) is 15.1 Å². The third-order valence-electron chi connectivity index (χ3n) is 4.79. The zero-order chi connectivity index (χ0) is 16.3. The quantitative estimate of drug-likeness (QED) is 0.901. The minimum atomic E-state index is -0.924. The standard InChI is InChI=1S/C17H23FN2O3/c18-15-3-1-14(2-4-15)17(22)5-7-19(8-6-17)13-16(21)20-9-11-23-12-10-20/h1-4,22H,5-13H2.